The van der Waals surface area contributed by atoms with E-state index in [1.807, 2.05) is 54.6 Å². The molecule has 0 fully saturated rings. The quantitative estimate of drug-likeness (QED) is 0.714. The lowest BCUT2D eigenvalue weighted by Crippen LogP contribution is -2.27. The van der Waals surface area contributed by atoms with E-state index in [1.165, 1.54) is 0 Å². The molecule has 0 atom stereocenters. The second kappa shape index (κ2) is 7.84. The molecule has 0 bridgehead atoms. The number of hydrogen-bond donors (Lipinski definition) is 2. The summed E-state index contributed by atoms with van der Waals surface area (Å²) in [5.41, 5.74) is 3.22. The Labute approximate surface area is 162 Å². The minimum Gasteiger partial charge on any atom is -0.484 e. The lowest BCUT2D eigenvalue weighted by molar-refractivity contribution is -0.118. The summed E-state index contributed by atoms with van der Waals surface area (Å²) < 4.78 is 11.0. The molecule has 0 unspecified atom stereocenters. The molecular formula is C22H18N2O4. The van der Waals surface area contributed by atoms with Gasteiger partial charge in [0.1, 0.15) is 5.75 Å². The molecule has 0 aromatic heterocycles. The van der Waals surface area contributed by atoms with Crippen molar-refractivity contribution in [3.8, 4) is 22.6 Å². The van der Waals surface area contributed by atoms with Crippen LogP contribution in [0.4, 0.5) is 11.4 Å². The molecule has 0 saturated heterocycles. The van der Waals surface area contributed by atoms with Crippen molar-refractivity contribution in [2.75, 3.05) is 23.8 Å². The molecule has 1 aliphatic rings. The van der Waals surface area contributed by atoms with Crippen molar-refractivity contribution in [3.05, 3.63) is 72.8 Å². The van der Waals surface area contributed by atoms with E-state index < -0.39 is 0 Å². The number of nitrogens with one attached hydrogen (secondary N) is 2. The van der Waals surface area contributed by atoms with Gasteiger partial charge in [0.25, 0.3) is 11.8 Å². The molecule has 3 aromatic carbocycles. The summed E-state index contributed by atoms with van der Waals surface area (Å²) in [6.07, 6.45) is 0. The average Bonchev–Trinajstić information content (AvgIpc) is 2.73. The van der Waals surface area contributed by atoms with Crippen molar-refractivity contribution in [2.24, 2.45) is 0 Å². The molecule has 1 heterocycles. The first-order valence-electron chi connectivity index (χ1n) is 8.83. The Morgan fingerprint density at radius 3 is 2.50 bits per heavy atom. The molecule has 28 heavy (non-hydrogen) atoms. The second-order valence-corrected chi connectivity index (χ2v) is 6.25. The van der Waals surface area contributed by atoms with Gasteiger partial charge in [-0.25, -0.2) is 0 Å². The van der Waals surface area contributed by atoms with E-state index in [9.17, 15) is 9.59 Å². The van der Waals surface area contributed by atoms with Crippen LogP contribution in [0.25, 0.3) is 11.1 Å². The maximum atomic E-state index is 12.2. The van der Waals surface area contributed by atoms with Gasteiger partial charge in [0.15, 0.2) is 19.0 Å². The third-order valence-corrected chi connectivity index (χ3v) is 4.24. The summed E-state index contributed by atoms with van der Waals surface area (Å²) in [4.78, 5) is 23.6. The Balaban J connectivity index is 1.36. The van der Waals surface area contributed by atoms with Crippen molar-refractivity contribution in [1.29, 1.82) is 0 Å². The molecule has 0 spiro atoms. The zero-order valence-corrected chi connectivity index (χ0v) is 15.0. The zero-order chi connectivity index (χ0) is 19.3. The lowest BCUT2D eigenvalue weighted by Gasteiger charge is -2.20. The van der Waals surface area contributed by atoms with E-state index in [2.05, 4.69) is 10.6 Å². The summed E-state index contributed by atoms with van der Waals surface area (Å²) in [6.45, 7) is -0.217. The third-order valence-electron chi connectivity index (χ3n) is 4.24. The van der Waals surface area contributed by atoms with Gasteiger partial charge in [-0.1, -0.05) is 48.5 Å². The summed E-state index contributed by atoms with van der Waals surface area (Å²) in [6, 6.07) is 22.7. The van der Waals surface area contributed by atoms with Gasteiger partial charge in [0.2, 0.25) is 0 Å². The highest BCUT2D eigenvalue weighted by Gasteiger charge is 2.20. The number of carbonyl (C=O) groups excluding carboxylic acids is 2. The number of carbonyl (C=O) groups is 2. The Bertz CT molecular complexity index is 1000. The van der Waals surface area contributed by atoms with Crippen LogP contribution in [0.3, 0.4) is 0 Å². The predicted molar refractivity (Wildman–Crippen MR) is 107 cm³/mol. The van der Waals surface area contributed by atoms with E-state index >= 15 is 0 Å². The Morgan fingerprint density at radius 2 is 1.71 bits per heavy atom. The number of anilines is 2. The fraction of sp³-hybridized carbons (Fsp3) is 0.0909. The van der Waals surface area contributed by atoms with Crippen LogP contribution in [0.1, 0.15) is 0 Å². The highest BCUT2D eigenvalue weighted by atomic mass is 16.5. The summed E-state index contributed by atoms with van der Waals surface area (Å²) >= 11 is 0. The molecule has 4 rings (SSSR count). The molecule has 6 heteroatoms. The topological polar surface area (TPSA) is 76.7 Å². The summed E-state index contributed by atoms with van der Waals surface area (Å²) in [5.74, 6) is 0.510. The number of amides is 2. The minimum atomic E-state index is -0.318. The first-order valence-corrected chi connectivity index (χ1v) is 8.83. The molecule has 0 radical (unpaired) electrons. The molecule has 3 aromatic rings. The maximum Gasteiger partial charge on any atom is 0.262 e. The highest BCUT2D eigenvalue weighted by Crippen LogP contribution is 2.35. The van der Waals surface area contributed by atoms with Gasteiger partial charge >= 0.3 is 0 Å². The SMILES string of the molecule is O=C(COc1ccc(-c2ccccc2)cc1)Nc1cccc2c1OCC(=O)N2. The number of benzene rings is 3. The maximum absolute atomic E-state index is 12.2. The fourth-order valence-corrected chi connectivity index (χ4v) is 2.92. The first kappa shape index (κ1) is 17.6. The molecule has 2 amide bonds. The molecule has 140 valence electrons. The average molecular weight is 374 g/mol. The van der Waals surface area contributed by atoms with Gasteiger partial charge in [-0.2, -0.15) is 0 Å². The Hall–Kier alpha value is -3.80. The van der Waals surface area contributed by atoms with Crippen molar-refractivity contribution in [1.82, 2.24) is 0 Å². The van der Waals surface area contributed by atoms with E-state index in [0.29, 0.717) is 22.9 Å². The van der Waals surface area contributed by atoms with Crippen molar-refractivity contribution in [3.63, 3.8) is 0 Å². The number of ether oxygens (including phenoxy) is 2. The van der Waals surface area contributed by atoms with Crippen molar-refractivity contribution in [2.45, 2.75) is 0 Å². The number of rotatable bonds is 5. The van der Waals surface area contributed by atoms with Crippen LogP contribution in [-0.4, -0.2) is 25.0 Å². The molecular weight excluding hydrogens is 356 g/mol. The van der Waals surface area contributed by atoms with Gasteiger partial charge in [0.05, 0.1) is 11.4 Å². The molecule has 1 aliphatic heterocycles. The van der Waals surface area contributed by atoms with Gasteiger partial charge in [-0.3, -0.25) is 9.59 Å². The summed E-state index contributed by atoms with van der Waals surface area (Å²) in [7, 11) is 0. The monoisotopic (exact) mass is 374 g/mol. The van der Waals surface area contributed by atoms with E-state index in [1.54, 1.807) is 18.2 Å². The van der Waals surface area contributed by atoms with Crippen LogP contribution < -0.4 is 20.1 Å². The van der Waals surface area contributed by atoms with E-state index in [0.717, 1.165) is 11.1 Å². The van der Waals surface area contributed by atoms with Crippen molar-refractivity contribution < 1.29 is 19.1 Å². The molecule has 6 nitrogen and oxygen atoms in total. The van der Waals surface area contributed by atoms with Crippen LogP contribution in [0, 0.1) is 0 Å². The number of para-hydroxylation sites is 1. The highest BCUT2D eigenvalue weighted by molar-refractivity contribution is 6.00. The predicted octanol–water partition coefficient (Wildman–Crippen LogP) is 3.70. The standard InChI is InChI=1S/C22H18N2O4/c25-20(23-18-7-4-8-19-22(18)28-14-21(26)24-19)13-27-17-11-9-16(10-12-17)15-5-2-1-3-6-15/h1-12H,13-14H2,(H,23,25)(H,24,26). The second-order valence-electron chi connectivity index (χ2n) is 6.25. The van der Waals surface area contributed by atoms with E-state index in [4.69, 9.17) is 9.47 Å². The van der Waals surface area contributed by atoms with Crippen LogP contribution in [0.5, 0.6) is 11.5 Å². The van der Waals surface area contributed by atoms with Crippen LogP contribution >= 0.6 is 0 Å². The lowest BCUT2D eigenvalue weighted by atomic mass is 10.1. The zero-order valence-electron chi connectivity index (χ0n) is 15.0. The largest absolute Gasteiger partial charge is 0.484 e. The number of fused-ring (bicyclic) bond motifs is 1. The van der Waals surface area contributed by atoms with Gasteiger partial charge < -0.3 is 20.1 Å². The van der Waals surface area contributed by atoms with Gasteiger partial charge in [0, 0.05) is 0 Å². The van der Waals surface area contributed by atoms with Crippen LogP contribution in [0.2, 0.25) is 0 Å². The van der Waals surface area contributed by atoms with Gasteiger partial charge in [-0.15, -0.1) is 0 Å². The molecule has 0 aliphatic carbocycles. The number of hydrogen-bond acceptors (Lipinski definition) is 4. The van der Waals surface area contributed by atoms with Gasteiger partial charge in [-0.05, 0) is 35.4 Å². The first-order chi connectivity index (χ1) is 13.7. The normalized spacial score (nSPS) is 12.4. The molecule has 2 N–H and O–H groups in total. The van der Waals surface area contributed by atoms with Crippen LogP contribution in [0.15, 0.2) is 72.8 Å². The van der Waals surface area contributed by atoms with E-state index in [-0.39, 0.29) is 25.0 Å². The smallest absolute Gasteiger partial charge is 0.262 e. The molecule has 0 saturated carbocycles. The fourth-order valence-electron chi connectivity index (χ4n) is 2.92. The minimum absolute atomic E-state index is 0.0792. The summed E-state index contributed by atoms with van der Waals surface area (Å²) in [5, 5.41) is 5.46. The Morgan fingerprint density at radius 1 is 0.964 bits per heavy atom. The Kier molecular flexibility index (Phi) is 4.93. The van der Waals surface area contributed by atoms with Crippen LogP contribution in [-0.2, 0) is 9.59 Å². The third kappa shape index (κ3) is 3.96. The van der Waals surface area contributed by atoms with Crippen molar-refractivity contribution >= 4 is 23.2 Å².